The fourth-order valence-electron chi connectivity index (χ4n) is 3.70. The molecule has 2 fully saturated rings. The van der Waals surface area contributed by atoms with Gasteiger partial charge in [0.1, 0.15) is 18.4 Å². The number of rotatable bonds is 1. The van der Waals surface area contributed by atoms with E-state index in [1.165, 1.54) is 0 Å². The number of para-hydroxylation sites is 1. The number of fused-ring (bicyclic) bond motifs is 2. The zero-order valence-corrected chi connectivity index (χ0v) is 11.8. The molecule has 3 heterocycles. The summed E-state index contributed by atoms with van der Waals surface area (Å²) in [5, 5.41) is 0. The molecule has 3 aliphatic heterocycles. The minimum absolute atomic E-state index is 0.0537. The molecule has 0 spiro atoms. The summed E-state index contributed by atoms with van der Waals surface area (Å²) in [7, 11) is 0. The Labute approximate surface area is 123 Å². The van der Waals surface area contributed by atoms with Crippen LogP contribution in [0.15, 0.2) is 24.3 Å². The van der Waals surface area contributed by atoms with E-state index in [9.17, 15) is 9.59 Å². The Morgan fingerprint density at radius 1 is 1.05 bits per heavy atom. The predicted octanol–water partition coefficient (Wildman–Crippen LogP) is 1.34. The Morgan fingerprint density at radius 2 is 1.90 bits per heavy atom. The average molecular weight is 286 g/mol. The van der Waals surface area contributed by atoms with Crippen LogP contribution in [0.2, 0.25) is 0 Å². The summed E-state index contributed by atoms with van der Waals surface area (Å²) in [5.41, 5.74) is 1.06. The normalized spacial score (nSPS) is 28.2. The molecule has 4 rings (SSSR count). The van der Waals surface area contributed by atoms with Gasteiger partial charge in [-0.05, 0) is 18.9 Å². The van der Waals surface area contributed by atoms with Gasteiger partial charge in [0.25, 0.3) is 0 Å². The third-order valence-corrected chi connectivity index (χ3v) is 4.76. The Hall–Kier alpha value is -2.04. The molecule has 0 bridgehead atoms. The van der Waals surface area contributed by atoms with Gasteiger partial charge < -0.3 is 14.5 Å². The fourth-order valence-corrected chi connectivity index (χ4v) is 3.70. The van der Waals surface area contributed by atoms with E-state index in [0.717, 1.165) is 30.7 Å². The van der Waals surface area contributed by atoms with Crippen LogP contribution in [0.1, 0.15) is 30.9 Å². The number of nitrogens with zero attached hydrogens (tertiary/aromatic N) is 2. The molecule has 2 amide bonds. The van der Waals surface area contributed by atoms with E-state index >= 15 is 0 Å². The number of ether oxygens (including phenoxy) is 1. The minimum atomic E-state index is -0.257. The van der Waals surface area contributed by atoms with Gasteiger partial charge in [-0.25, -0.2) is 0 Å². The van der Waals surface area contributed by atoms with Crippen LogP contribution in [0.3, 0.4) is 0 Å². The summed E-state index contributed by atoms with van der Waals surface area (Å²) in [6, 6.07) is 7.54. The Morgan fingerprint density at radius 3 is 2.81 bits per heavy atom. The van der Waals surface area contributed by atoms with Crippen LogP contribution < -0.4 is 4.74 Å². The van der Waals surface area contributed by atoms with E-state index in [1.54, 1.807) is 4.90 Å². The highest BCUT2D eigenvalue weighted by Crippen LogP contribution is 2.37. The van der Waals surface area contributed by atoms with Crippen LogP contribution in [0.25, 0.3) is 0 Å². The molecule has 0 aliphatic carbocycles. The summed E-state index contributed by atoms with van der Waals surface area (Å²) in [6.07, 6.45) is 2.13. The van der Waals surface area contributed by atoms with Crippen LogP contribution in [-0.4, -0.2) is 47.4 Å². The molecule has 2 saturated heterocycles. The minimum Gasteiger partial charge on any atom is -0.491 e. The second-order valence-corrected chi connectivity index (χ2v) is 5.89. The summed E-state index contributed by atoms with van der Waals surface area (Å²) in [6.45, 7) is 1.71. The zero-order valence-electron chi connectivity index (χ0n) is 11.8. The molecule has 2 unspecified atom stereocenters. The largest absolute Gasteiger partial charge is 0.491 e. The maximum atomic E-state index is 12.8. The quantitative estimate of drug-likeness (QED) is 0.783. The van der Waals surface area contributed by atoms with E-state index in [-0.39, 0.29) is 23.9 Å². The van der Waals surface area contributed by atoms with Gasteiger partial charge in [0.2, 0.25) is 11.8 Å². The summed E-state index contributed by atoms with van der Waals surface area (Å²) in [5.74, 6) is 1.05. The highest BCUT2D eigenvalue weighted by atomic mass is 16.5. The van der Waals surface area contributed by atoms with Gasteiger partial charge in [0.05, 0.1) is 6.04 Å². The van der Waals surface area contributed by atoms with E-state index in [4.69, 9.17) is 4.74 Å². The average Bonchev–Trinajstić information content (AvgIpc) is 3.12. The smallest absolute Gasteiger partial charge is 0.246 e. The number of amides is 2. The Balaban J connectivity index is 1.66. The van der Waals surface area contributed by atoms with E-state index in [2.05, 4.69) is 0 Å². The van der Waals surface area contributed by atoms with Crippen molar-refractivity contribution < 1.29 is 14.3 Å². The second kappa shape index (κ2) is 4.76. The maximum absolute atomic E-state index is 12.8. The SMILES string of the molecule is O=C1CCN(C2COc3ccccc32)C(=O)C2CCCN12. The van der Waals surface area contributed by atoms with Gasteiger partial charge in [0, 0.05) is 25.1 Å². The third kappa shape index (κ3) is 1.91. The number of hydrogen-bond donors (Lipinski definition) is 0. The summed E-state index contributed by atoms with van der Waals surface area (Å²) in [4.78, 5) is 28.6. The van der Waals surface area contributed by atoms with Crippen molar-refractivity contribution in [3.63, 3.8) is 0 Å². The van der Waals surface area contributed by atoms with Crippen molar-refractivity contribution in [2.75, 3.05) is 19.7 Å². The Bertz CT molecular complexity index is 601. The van der Waals surface area contributed by atoms with Crippen molar-refractivity contribution in [3.8, 4) is 5.75 Å². The topological polar surface area (TPSA) is 49.9 Å². The van der Waals surface area contributed by atoms with Crippen LogP contribution in [0.4, 0.5) is 0 Å². The number of hydrogen-bond acceptors (Lipinski definition) is 3. The molecule has 21 heavy (non-hydrogen) atoms. The molecule has 1 aromatic carbocycles. The van der Waals surface area contributed by atoms with Crippen molar-refractivity contribution >= 4 is 11.8 Å². The van der Waals surface area contributed by atoms with Crippen molar-refractivity contribution in [2.24, 2.45) is 0 Å². The first-order valence-corrected chi connectivity index (χ1v) is 7.57. The lowest BCUT2D eigenvalue weighted by Crippen LogP contribution is -2.45. The van der Waals surface area contributed by atoms with Gasteiger partial charge in [-0.1, -0.05) is 18.2 Å². The first-order chi connectivity index (χ1) is 10.3. The van der Waals surface area contributed by atoms with Crippen LogP contribution >= 0.6 is 0 Å². The van der Waals surface area contributed by atoms with Gasteiger partial charge in [-0.2, -0.15) is 0 Å². The molecular weight excluding hydrogens is 268 g/mol. The molecule has 5 heteroatoms. The summed E-state index contributed by atoms with van der Waals surface area (Å²) >= 11 is 0. The number of carbonyl (C=O) groups excluding carboxylic acids is 2. The number of carbonyl (C=O) groups is 2. The maximum Gasteiger partial charge on any atom is 0.246 e. The molecule has 0 aromatic heterocycles. The monoisotopic (exact) mass is 286 g/mol. The first kappa shape index (κ1) is 12.7. The number of benzene rings is 1. The molecule has 0 saturated carbocycles. The van der Waals surface area contributed by atoms with Crippen LogP contribution in [0.5, 0.6) is 5.75 Å². The van der Waals surface area contributed by atoms with Crippen molar-refractivity contribution in [2.45, 2.75) is 31.3 Å². The van der Waals surface area contributed by atoms with E-state index in [0.29, 0.717) is 19.6 Å². The molecule has 2 atom stereocenters. The molecule has 3 aliphatic rings. The second-order valence-electron chi connectivity index (χ2n) is 5.89. The predicted molar refractivity (Wildman–Crippen MR) is 75.7 cm³/mol. The Kier molecular flexibility index (Phi) is 2.87. The van der Waals surface area contributed by atoms with E-state index < -0.39 is 0 Å². The highest BCUT2D eigenvalue weighted by Gasteiger charge is 2.43. The molecule has 5 nitrogen and oxygen atoms in total. The van der Waals surface area contributed by atoms with Crippen molar-refractivity contribution in [1.82, 2.24) is 9.80 Å². The molecule has 1 aromatic rings. The van der Waals surface area contributed by atoms with E-state index in [1.807, 2.05) is 29.2 Å². The van der Waals surface area contributed by atoms with Crippen molar-refractivity contribution in [3.05, 3.63) is 29.8 Å². The van der Waals surface area contributed by atoms with Crippen LogP contribution in [-0.2, 0) is 9.59 Å². The molecule has 110 valence electrons. The van der Waals surface area contributed by atoms with Gasteiger partial charge >= 0.3 is 0 Å². The van der Waals surface area contributed by atoms with Gasteiger partial charge in [-0.3, -0.25) is 9.59 Å². The molecule has 0 radical (unpaired) electrons. The molecule has 0 N–H and O–H groups in total. The third-order valence-electron chi connectivity index (χ3n) is 4.76. The van der Waals surface area contributed by atoms with Crippen molar-refractivity contribution in [1.29, 1.82) is 0 Å². The lowest BCUT2D eigenvalue weighted by molar-refractivity contribution is -0.140. The van der Waals surface area contributed by atoms with Crippen LogP contribution in [0, 0.1) is 0 Å². The lowest BCUT2D eigenvalue weighted by atomic mass is 10.1. The fraction of sp³-hybridized carbons (Fsp3) is 0.500. The lowest BCUT2D eigenvalue weighted by Gasteiger charge is -2.29. The van der Waals surface area contributed by atoms with Gasteiger partial charge in [-0.15, -0.1) is 0 Å². The van der Waals surface area contributed by atoms with Gasteiger partial charge in [0.15, 0.2) is 0 Å². The standard InChI is InChI=1S/C16H18N2O3/c19-15-7-9-18(16(20)12-5-3-8-17(12)15)13-10-21-14-6-2-1-4-11(13)14/h1-2,4,6,12-13H,3,5,7-10H2. The highest BCUT2D eigenvalue weighted by molar-refractivity contribution is 5.91. The zero-order chi connectivity index (χ0) is 14.4. The summed E-state index contributed by atoms with van der Waals surface area (Å²) < 4.78 is 5.70. The molecular formula is C16H18N2O3. The first-order valence-electron chi connectivity index (χ1n) is 7.57.